The molecule has 0 aliphatic heterocycles. The summed E-state index contributed by atoms with van der Waals surface area (Å²) in [6.45, 7) is 8.17. The van der Waals surface area contributed by atoms with Crippen molar-refractivity contribution in [2.24, 2.45) is 0 Å². The third-order valence-electron chi connectivity index (χ3n) is 6.06. The van der Waals surface area contributed by atoms with Crippen molar-refractivity contribution < 1.29 is 18.0 Å². The van der Waals surface area contributed by atoms with E-state index in [1.807, 2.05) is 20.8 Å². The van der Waals surface area contributed by atoms with Crippen molar-refractivity contribution in [3.8, 4) is 0 Å². The number of hydrogen-bond donors (Lipinski definition) is 1. The highest BCUT2D eigenvalue weighted by Crippen LogP contribution is 2.30. The van der Waals surface area contributed by atoms with E-state index < -0.39 is 40.0 Å². The molecule has 0 saturated carbocycles. The van der Waals surface area contributed by atoms with Gasteiger partial charge >= 0.3 is 0 Å². The lowest BCUT2D eigenvalue weighted by molar-refractivity contribution is -0.140. The summed E-state index contributed by atoms with van der Waals surface area (Å²) in [6, 6.07) is 16.5. The summed E-state index contributed by atoms with van der Waals surface area (Å²) in [4.78, 5) is 28.5. The van der Waals surface area contributed by atoms with E-state index in [0.717, 1.165) is 4.31 Å². The molecule has 3 aromatic rings. The topological polar surface area (TPSA) is 86.8 Å². The fourth-order valence-corrected chi connectivity index (χ4v) is 6.22. The molecule has 1 unspecified atom stereocenters. The van der Waals surface area contributed by atoms with Crippen molar-refractivity contribution in [3.05, 3.63) is 92.9 Å². The Kier molecular flexibility index (Phi) is 10.2. The molecule has 0 fully saturated rings. The summed E-state index contributed by atoms with van der Waals surface area (Å²) in [5.41, 5.74) is 0.847. The number of nitrogens with one attached hydrogen (secondary N) is 1. The molecule has 0 saturated heterocycles. The number of rotatable bonds is 9. The van der Waals surface area contributed by atoms with Crippen LogP contribution in [0.2, 0.25) is 15.1 Å². The SMILES string of the molecule is Cc1cc(Cl)ccc1N(CC(=O)N(Cc1ccc(Cl)cc1Cl)C(C)C(=O)NC(C)(C)C)S(=O)(=O)c1ccccc1. The Morgan fingerprint density at radius 2 is 1.52 bits per heavy atom. The Hall–Kier alpha value is -2.78. The molecule has 3 aromatic carbocycles. The first-order valence-electron chi connectivity index (χ1n) is 12.5. The Morgan fingerprint density at radius 1 is 0.925 bits per heavy atom. The van der Waals surface area contributed by atoms with Gasteiger partial charge in [0.25, 0.3) is 10.0 Å². The number of hydrogen-bond acceptors (Lipinski definition) is 4. The molecule has 0 spiro atoms. The molecule has 0 bridgehead atoms. The lowest BCUT2D eigenvalue weighted by Gasteiger charge is -2.34. The van der Waals surface area contributed by atoms with E-state index in [9.17, 15) is 18.0 Å². The van der Waals surface area contributed by atoms with Gasteiger partial charge in [0.15, 0.2) is 0 Å². The van der Waals surface area contributed by atoms with Gasteiger partial charge in [0.1, 0.15) is 12.6 Å². The molecule has 0 heterocycles. The van der Waals surface area contributed by atoms with E-state index in [1.54, 1.807) is 68.4 Å². The zero-order valence-electron chi connectivity index (χ0n) is 22.9. The maximum atomic E-state index is 14.0. The number of aryl methyl sites for hydroxylation is 1. The number of benzene rings is 3. The minimum absolute atomic E-state index is 0.0166. The Morgan fingerprint density at radius 3 is 2.10 bits per heavy atom. The van der Waals surface area contributed by atoms with Crippen LogP contribution in [0.5, 0.6) is 0 Å². The van der Waals surface area contributed by atoms with Crippen LogP contribution < -0.4 is 9.62 Å². The Labute approximate surface area is 251 Å². The second-order valence-corrected chi connectivity index (χ2v) is 13.6. The van der Waals surface area contributed by atoms with Gasteiger partial charge in [-0.1, -0.05) is 59.1 Å². The smallest absolute Gasteiger partial charge is 0.264 e. The summed E-state index contributed by atoms with van der Waals surface area (Å²) >= 11 is 18.6. The van der Waals surface area contributed by atoms with Crippen LogP contribution in [-0.4, -0.2) is 43.3 Å². The third-order valence-corrected chi connectivity index (χ3v) is 8.65. The first kappa shape index (κ1) is 31.7. The minimum Gasteiger partial charge on any atom is -0.350 e. The van der Waals surface area contributed by atoms with Crippen LogP contribution in [-0.2, 0) is 26.2 Å². The second kappa shape index (κ2) is 12.8. The number of anilines is 1. The average Bonchev–Trinajstić information content (AvgIpc) is 2.86. The summed E-state index contributed by atoms with van der Waals surface area (Å²) in [5, 5.41) is 4.05. The summed E-state index contributed by atoms with van der Waals surface area (Å²) in [6.07, 6.45) is 0. The normalized spacial score (nSPS) is 12.5. The van der Waals surface area contributed by atoms with Gasteiger partial charge in [0.2, 0.25) is 11.8 Å². The van der Waals surface area contributed by atoms with Crippen LogP contribution in [0.4, 0.5) is 5.69 Å². The molecule has 0 aliphatic carbocycles. The van der Waals surface area contributed by atoms with Crippen LogP contribution in [0.1, 0.15) is 38.8 Å². The largest absolute Gasteiger partial charge is 0.350 e. The van der Waals surface area contributed by atoms with E-state index in [1.165, 1.54) is 17.0 Å². The van der Waals surface area contributed by atoms with E-state index in [-0.39, 0.29) is 17.1 Å². The number of carbonyl (C=O) groups excluding carboxylic acids is 2. The predicted octanol–water partition coefficient (Wildman–Crippen LogP) is 6.48. The maximum Gasteiger partial charge on any atom is 0.264 e. The average molecular weight is 625 g/mol. The second-order valence-electron chi connectivity index (χ2n) is 10.4. The van der Waals surface area contributed by atoms with Gasteiger partial charge in [-0.15, -0.1) is 0 Å². The van der Waals surface area contributed by atoms with Crippen molar-refractivity contribution >= 4 is 62.3 Å². The van der Waals surface area contributed by atoms with Crippen LogP contribution in [0.25, 0.3) is 0 Å². The molecule has 1 atom stereocenters. The molecule has 0 radical (unpaired) electrons. The number of sulfonamides is 1. The first-order valence-corrected chi connectivity index (χ1v) is 15.1. The van der Waals surface area contributed by atoms with Crippen molar-refractivity contribution in [2.45, 2.75) is 57.6 Å². The standard InChI is InChI=1S/C29H32Cl3N3O4S/c1-19-15-22(30)13-14-26(19)35(40(38,39)24-9-7-6-8-10-24)18-27(36)34(20(2)28(37)33-29(3,4)5)17-21-11-12-23(31)16-25(21)32/h6-16,20H,17-18H2,1-5H3,(H,33,37). The molecular formula is C29H32Cl3N3O4S. The molecule has 7 nitrogen and oxygen atoms in total. The van der Waals surface area contributed by atoms with Crippen molar-refractivity contribution in [2.75, 3.05) is 10.8 Å². The molecular weight excluding hydrogens is 593 g/mol. The molecule has 2 amide bonds. The Bertz CT molecular complexity index is 1490. The van der Waals surface area contributed by atoms with Crippen molar-refractivity contribution in [1.29, 1.82) is 0 Å². The van der Waals surface area contributed by atoms with Crippen LogP contribution in [0, 0.1) is 6.92 Å². The fourth-order valence-electron chi connectivity index (χ4n) is 4.02. The monoisotopic (exact) mass is 623 g/mol. The van der Waals surface area contributed by atoms with Crippen LogP contribution in [0.15, 0.2) is 71.6 Å². The zero-order chi connectivity index (χ0) is 29.8. The molecule has 11 heteroatoms. The number of halogens is 3. The van der Waals surface area contributed by atoms with Gasteiger partial charge in [0, 0.05) is 27.2 Å². The van der Waals surface area contributed by atoms with E-state index in [4.69, 9.17) is 34.8 Å². The van der Waals surface area contributed by atoms with Crippen molar-refractivity contribution in [3.63, 3.8) is 0 Å². The van der Waals surface area contributed by atoms with E-state index in [2.05, 4.69) is 5.32 Å². The van der Waals surface area contributed by atoms with Crippen LogP contribution in [0.3, 0.4) is 0 Å². The van der Waals surface area contributed by atoms with Gasteiger partial charge < -0.3 is 10.2 Å². The van der Waals surface area contributed by atoms with Gasteiger partial charge in [0.05, 0.1) is 10.6 Å². The predicted molar refractivity (Wildman–Crippen MR) is 162 cm³/mol. The summed E-state index contributed by atoms with van der Waals surface area (Å²) in [5.74, 6) is -0.998. The van der Waals surface area contributed by atoms with Crippen LogP contribution >= 0.6 is 34.8 Å². The summed E-state index contributed by atoms with van der Waals surface area (Å²) in [7, 11) is -4.18. The Balaban J connectivity index is 2.08. The number of carbonyl (C=O) groups is 2. The lowest BCUT2D eigenvalue weighted by atomic mass is 10.1. The van der Waals surface area contributed by atoms with E-state index in [0.29, 0.717) is 26.2 Å². The van der Waals surface area contributed by atoms with Gasteiger partial charge in [-0.2, -0.15) is 0 Å². The molecule has 3 rings (SSSR count). The highest BCUT2D eigenvalue weighted by Gasteiger charge is 2.34. The zero-order valence-corrected chi connectivity index (χ0v) is 26.0. The number of nitrogens with zero attached hydrogens (tertiary/aromatic N) is 2. The summed E-state index contributed by atoms with van der Waals surface area (Å²) < 4.78 is 28.8. The van der Waals surface area contributed by atoms with Gasteiger partial charge in [-0.05, 0) is 88.2 Å². The molecule has 0 aliphatic rings. The first-order chi connectivity index (χ1) is 18.6. The lowest BCUT2D eigenvalue weighted by Crippen LogP contribution is -2.54. The number of amides is 2. The minimum atomic E-state index is -4.18. The quantitative estimate of drug-likeness (QED) is 0.295. The third kappa shape index (κ3) is 7.91. The molecule has 40 heavy (non-hydrogen) atoms. The highest BCUT2D eigenvalue weighted by atomic mass is 35.5. The highest BCUT2D eigenvalue weighted by molar-refractivity contribution is 7.92. The molecule has 1 N–H and O–H groups in total. The molecule has 214 valence electrons. The maximum absolute atomic E-state index is 14.0. The van der Waals surface area contributed by atoms with E-state index >= 15 is 0 Å². The van der Waals surface area contributed by atoms with Crippen molar-refractivity contribution in [1.82, 2.24) is 10.2 Å². The van der Waals surface area contributed by atoms with Gasteiger partial charge in [-0.25, -0.2) is 8.42 Å². The fraction of sp³-hybridized carbons (Fsp3) is 0.310. The van der Waals surface area contributed by atoms with Gasteiger partial charge in [-0.3, -0.25) is 13.9 Å². The molecule has 0 aromatic heterocycles.